The van der Waals surface area contributed by atoms with Gasteiger partial charge in [-0.3, -0.25) is 9.80 Å². The standard InChI is InChI=1S/C9H19N2O3P/c15-14-9(10-1-5-12-6-2-10)11-3-7-13-8-4-11/h9H,1-8,15H2. The molecule has 5 nitrogen and oxygen atoms in total. The van der Waals surface area contributed by atoms with Gasteiger partial charge in [0.1, 0.15) is 0 Å². The van der Waals surface area contributed by atoms with Crippen LogP contribution in [0.25, 0.3) is 0 Å². The second kappa shape index (κ2) is 6.09. The van der Waals surface area contributed by atoms with E-state index in [2.05, 4.69) is 19.3 Å². The Hall–Kier alpha value is 0.230. The molecule has 0 radical (unpaired) electrons. The number of hydrogen-bond donors (Lipinski definition) is 0. The van der Waals surface area contributed by atoms with Crippen LogP contribution in [0.3, 0.4) is 0 Å². The zero-order chi connectivity index (χ0) is 10.5. The molecule has 2 aliphatic rings. The number of morpholine rings is 2. The van der Waals surface area contributed by atoms with Gasteiger partial charge in [-0.15, -0.1) is 0 Å². The fourth-order valence-corrected chi connectivity index (χ4v) is 2.34. The second-order valence-electron chi connectivity index (χ2n) is 3.76. The Morgan fingerprint density at radius 2 is 1.27 bits per heavy atom. The second-order valence-corrected chi connectivity index (χ2v) is 4.03. The van der Waals surface area contributed by atoms with Gasteiger partial charge >= 0.3 is 0 Å². The van der Waals surface area contributed by atoms with Crippen molar-refractivity contribution in [1.82, 2.24) is 9.80 Å². The number of rotatable bonds is 3. The van der Waals surface area contributed by atoms with E-state index in [-0.39, 0.29) is 6.35 Å². The van der Waals surface area contributed by atoms with Crippen LogP contribution >= 0.6 is 9.47 Å². The molecule has 0 bridgehead atoms. The Bertz CT molecular complexity index is 166. The Labute approximate surface area is 92.9 Å². The normalized spacial score (nSPS) is 26.0. The van der Waals surface area contributed by atoms with Gasteiger partial charge in [-0.1, -0.05) is 0 Å². The van der Waals surface area contributed by atoms with Crippen LogP contribution in [-0.4, -0.2) is 68.8 Å². The maximum Gasteiger partial charge on any atom is 0.171 e. The molecule has 0 aromatic carbocycles. The van der Waals surface area contributed by atoms with Crippen molar-refractivity contribution < 1.29 is 14.0 Å². The summed E-state index contributed by atoms with van der Waals surface area (Å²) in [5.74, 6) is 0. The van der Waals surface area contributed by atoms with Gasteiger partial charge in [0.25, 0.3) is 0 Å². The topological polar surface area (TPSA) is 34.2 Å². The first-order valence-corrected chi connectivity index (χ1v) is 5.88. The Kier molecular flexibility index (Phi) is 4.75. The maximum absolute atomic E-state index is 5.49. The summed E-state index contributed by atoms with van der Waals surface area (Å²) in [6.07, 6.45) is 0.0581. The van der Waals surface area contributed by atoms with Crippen LogP contribution in [0.4, 0.5) is 0 Å². The molecule has 2 aliphatic heterocycles. The summed E-state index contributed by atoms with van der Waals surface area (Å²) in [5, 5.41) is 0. The molecule has 0 aliphatic carbocycles. The highest BCUT2D eigenvalue weighted by Gasteiger charge is 2.27. The molecule has 2 saturated heterocycles. The Balaban J connectivity index is 1.88. The van der Waals surface area contributed by atoms with Gasteiger partial charge in [0.15, 0.2) is 6.35 Å². The highest BCUT2D eigenvalue weighted by Crippen LogP contribution is 2.14. The zero-order valence-electron chi connectivity index (χ0n) is 8.93. The van der Waals surface area contributed by atoms with E-state index in [1.54, 1.807) is 0 Å². The van der Waals surface area contributed by atoms with E-state index in [0.717, 1.165) is 52.6 Å². The van der Waals surface area contributed by atoms with Gasteiger partial charge in [-0.05, 0) is 0 Å². The molecule has 1 atom stereocenters. The van der Waals surface area contributed by atoms with Crippen molar-refractivity contribution in [3.8, 4) is 0 Å². The predicted molar refractivity (Wildman–Crippen MR) is 59.4 cm³/mol. The van der Waals surface area contributed by atoms with E-state index < -0.39 is 0 Å². The summed E-state index contributed by atoms with van der Waals surface area (Å²) in [4.78, 5) is 4.61. The van der Waals surface area contributed by atoms with Crippen molar-refractivity contribution in [2.75, 3.05) is 52.6 Å². The quantitative estimate of drug-likeness (QED) is 0.629. The van der Waals surface area contributed by atoms with E-state index >= 15 is 0 Å². The van der Waals surface area contributed by atoms with Crippen molar-refractivity contribution >= 4 is 9.47 Å². The third-order valence-corrected chi connectivity index (χ3v) is 3.08. The van der Waals surface area contributed by atoms with Crippen LogP contribution in [-0.2, 0) is 14.0 Å². The van der Waals surface area contributed by atoms with Crippen molar-refractivity contribution in [3.05, 3.63) is 0 Å². The van der Waals surface area contributed by atoms with Crippen molar-refractivity contribution in [2.45, 2.75) is 6.35 Å². The summed E-state index contributed by atoms with van der Waals surface area (Å²) in [6.45, 7) is 6.97. The van der Waals surface area contributed by atoms with Gasteiger partial charge in [0.2, 0.25) is 0 Å². The lowest BCUT2D eigenvalue weighted by molar-refractivity contribution is -0.139. The average molecular weight is 234 g/mol. The van der Waals surface area contributed by atoms with Gasteiger partial charge in [-0.2, -0.15) is 0 Å². The third kappa shape index (κ3) is 3.09. The minimum absolute atomic E-state index is 0.0581. The van der Waals surface area contributed by atoms with Gasteiger partial charge in [0.05, 0.1) is 26.4 Å². The SMILES string of the molecule is POC(N1CCOCC1)N1CCOCC1. The molecule has 88 valence electrons. The molecule has 0 aromatic rings. The Morgan fingerprint density at radius 3 is 1.60 bits per heavy atom. The largest absolute Gasteiger partial charge is 0.379 e. The molecule has 6 heteroatoms. The first-order chi connectivity index (χ1) is 7.42. The monoisotopic (exact) mass is 234 g/mol. The first-order valence-electron chi connectivity index (χ1n) is 5.41. The van der Waals surface area contributed by atoms with Crippen LogP contribution in [0.15, 0.2) is 0 Å². The van der Waals surface area contributed by atoms with E-state index in [9.17, 15) is 0 Å². The molecule has 15 heavy (non-hydrogen) atoms. The minimum Gasteiger partial charge on any atom is -0.379 e. The smallest absolute Gasteiger partial charge is 0.171 e. The molecule has 2 heterocycles. The lowest BCUT2D eigenvalue weighted by Crippen LogP contribution is -2.55. The number of ether oxygens (including phenoxy) is 2. The minimum atomic E-state index is 0.0581. The Morgan fingerprint density at radius 1 is 0.867 bits per heavy atom. The van der Waals surface area contributed by atoms with Crippen LogP contribution in [0, 0.1) is 0 Å². The summed E-state index contributed by atoms with van der Waals surface area (Å²) in [6, 6.07) is 0. The fourth-order valence-electron chi connectivity index (χ4n) is 2.00. The van der Waals surface area contributed by atoms with E-state index in [4.69, 9.17) is 14.0 Å². The van der Waals surface area contributed by atoms with Gasteiger partial charge < -0.3 is 14.0 Å². The maximum atomic E-state index is 5.49. The molecule has 0 spiro atoms. The molecule has 0 amide bonds. The van der Waals surface area contributed by atoms with Crippen LogP contribution < -0.4 is 0 Å². The highest BCUT2D eigenvalue weighted by atomic mass is 31.0. The van der Waals surface area contributed by atoms with Crippen molar-refractivity contribution in [3.63, 3.8) is 0 Å². The van der Waals surface area contributed by atoms with Crippen LogP contribution in [0.2, 0.25) is 0 Å². The van der Waals surface area contributed by atoms with Gasteiger partial charge in [-0.25, -0.2) is 0 Å². The summed E-state index contributed by atoms with van der Waals surface area (Å²) < 4.78 is 16.2. The number of nitrogens with zero attached hydrogens (tertiary/aromatic N) is 2. The van der Waals surface area contributed by atoms with Gasteiger partial charge in [0, 0.05) is 35.6 Å². The van der Waals surface area contributed by atoms with Crippen molar-refractivity contribution in [1.29, 1.82) is 0 Å². The summed E-state index contributed by atoms with van der Waals surface area (Å²) >= 11 is 0. The fraction of sp³-hybridized carbons (Fsp3) is 1.00. The molecular formula is C9H19N2O3P. The zero-order valence-corrected chi connectivity index (χ0v) is 10.1. The van der Waals surface area contributed by atoms with E-state index in [1.807, 2.05) is 0 Å². The van der Waals surface area contributed by atoms with Crippen molar-refractivity contribution in [2.24, 2.45) is 0 Å². The lowest BCUT2D eigenvalue weighted by Gasteiger charge is -2.41. The van der Waals surface area contributed by atoms with Crippen LogP contribution in [0.1, 0.15) is 0 Å². The molecule has 0 aromatic heterocycles. The summed E-state index contributed by atoms with van der Waals surface area (Å²) in [7, 11) is 2.37. The molecular weight excluding hydrogens is 215 g/mol. The first kappa shape index (κ1) is 11.7. The molecule has 2 fully saturated rings. The van der Waals surface area contributed by atoms with E-state index in [0.29, 0.717) is 0 Å². The van der Waals surface area contributed by atoms with E-state index in [1.165, 1.54) is 0 Å². The third-order valence-electron chi connectivity index (χ3n) is 2.84. The molecule has 2 rings (SSSR count). The lowest BCUT2D eigenvalue weighted by atomic mass is 10.4. The summed E-state index contributed by atoms with van der Waals surface area (Å²) in [5.41, 5.74) is 0. The molecule has 0 saturated carbocycles. The highest BCUT2D eigenvalue weighted by molar-refractivity contribution is 7.09. The average Bonchev–Trinajstić information content (AvgIpc) is 2.33. The number of hydrogen-bond acceptors (Lipinski definition) is 5. The molecule has 1 unspecified atom stereocenters. The van der Waals surface area contributed by atoms with Crippen LogP contribution in [0.5, 0.6) is 0 Å². The molecule has 0 N–H and O–H groups in total. The predicted octanol–water partition coefficient (Wildman–Crippen LogP) is -0.259.